The molecule has 0 aromatic carbocycles. The minimum absolute atomic E-state index is 0.177. The predicted octanol–water partition coefficient (Wildman–Crippen LogP) is 1.67. The number of carbonyl (C=O) groups excluding carboxylic acids is 1. The summed E-state index contributed by atoms with van der Waals surface area (Å²) in [5, 5.41) is 4.62. The molecule has 19 heavy (non-hydrogen) atoms. The van der Waals surface area contributed by atoms with Crippen molar-refractivity contribution in [2.24, 2.45) is 0 Å². The van der Waals surface area contributed by atoms with E-state index in [2.05, 4.69) is 10.5 Å². The number of hydrogen-bond donors (Lipinski definition) is 1. The number of aromatic nitrogens is 1. The Bertz CT molecular complexity index is 558. The van der Waals surface area contributed by atoms with Crippen molar-refractivity contribution < 1.29 is 17.7 Å². The zero-order valence-electron chi connectivity index (χ0n) is 11.0. The number of nitrogens with one attached hydrogen (secondary N) is 1. The molecular formula is C12H18N2O4S. The fourth-order valence-electron chi connectivity index (χ4n) is 2.30. The summed E-state index contributed by atoms with van der Waals surface area (Å²) in [4.78, 5) is 11.9. The highest BCUT2D eigenvalue weighted by atomic mass is 32.2. The van der Waals surface area contributed by atoms with Gasteiger partial charge in [-0.25, -0.2) is 8.42 Å². The molecule has 1 aromatic heterocycles. The van der Waals surface area contributed by atoms with E-state index in [1.54, 1.807) is 13.0 Å². The normalized spacial score (nSPS) is 18.4. The molecule has 7 heteroatoms. The molecule has 0 saturated heterocycles. The Morgan fingerprint density at radius 2 is 2.11 bits per heavy atom. The maximum absolute atomic E-state index is 12.3. The van der Waals surface area contributed by atoms with Crippen LogP contribution in [0.5, 0.6) is 0 Å². The molecule has 0 radical (unpaired) electrons. The highest BCUT2D eigenvalue weighted by Gasteiger charge is 2.37. The predicted molar refractivity (Wildman–Crippen MR) is 70.5 cm³/mol. The highest BCUT2D eigenvalue weighted by Crippen LogP contribution is 2.27. The van der Waals surface area contributed by atoms with Crippen molar-refractivity contribution in [2.45, 2.75) is 50.0 Å². The van der Waals surface area contributed by atoms with Gasteiger partial charge in [-0.1, -0.05) is 18.0 Å². The van der Waals surface area contributed by atoms with Crippen molar-refractivity contribution in [1.29, 1.82) is 0 Å². The van der Waals surface area contributed by atoms with E-state index in [1.807, 2.05) is 0 Å². The Morgan fingerprint density at radius 3 is 2.63 bits per heavy atom. The van der Waals surface area contributed by atoms with Crippen LogP contribution in [0, 0.1) is 6.92 Å². The second-order valence-electron chi connectivity index (χ2n) is 4.96. The zero-order valence-corrected chi connectivity index (χ0v) is 11.9. The Kier molecular flexibility index (Phi) is 3.93. The Hall–Kier alpha value is -1.37. The van der Waals surface area contributed by atoms with E-state index < -0.39 is 21.0 Å². The van der Waals surface area contributed by atoms with Crippen LogP contribution in [0.1, 0.15) is 38.3 Å². The summed E-state index contributed by atoms with van der Waals surface area (Å²) in [5.41, 5.74) is 0.626. The Balaban J connectivity index is 2.06. The van der Waals surface area contributed by atoms with Crippen molar-refractivity contribution in [3.05, 3.63) is 11.8 Å². The second kappa shape index (κ2) is 5.32. The molecule has 0 unspecified atom stereocenters. The SMILES string of the molecule is Cc1cc(NC(=O)[C@@H](C)S(=O)(=O)C2CCCC2)on1. The van der Waals surface area contributed by atoms with Crippen LogP contribution in [-0.4, -0.2) is 30.0 Å². The third-order valence-electron chi connectivity index (χ3n) is 3.50. The van der Waals surface area contributed by atoms with Gasteiger partial charge in [-0.05, 0) is 26.7 Å². The maximum Gasteiger partial charge on any atom is 0.244 e. The van der Waals surface area contributed by atoms with Gasteiger partial charge in [-0.2, -0.15) is 0 Å². The average molecular weight is 286 g/mol. The van der Waals surface area contributed by atoms with E-state index in [4.69, 9.17) is 4.52 Å². The lowest BCUT2D eigenvalue weighted by Gasteiger charge is -2.16. The number of anilines is 1. The van der Waals surface area contributed by atoms with E-state index in [0.717, 1.165) is 12.8 Å². The molecule has 1 atom stereocenters. The van der Waals surface area contributed by atoms with E-state index in [9.17, 15) is 13.2 Å². The fourth-order valence-corrected chi connectivity index (χ4v) is 4.23. The second-order valence-corrected chi connectivity index (χ2v) is 7.51. The molecule has 1 saturated carbocycles. The number of hydrogen-bond acceptors (Lipinski definition) is 5. The van der Waals surface area contributed by atoms with Gasteiger partial charge < -0.3 is 4.52 Å². The Morgan fingerprint density at radius 1 is 1.47 bits per heavy atom. The summed E-state index contributed by atoms with van der Waals surface area (Å²) in [6.07, 6.45) is 3.14. The smallest absolute Gasteiger partial charge is 0.244 e. The summed E-state index contributed by atoms with van der Waals surface area (Å²) >= 11 is 0. The number of sulfone groups is 1. The van der Waals surface area contributed by atoms with Crippen molar-refractivity contribution in [1.82, 2.24) is 5.16 Å². The first-order valence-electron chi connectivity index (χ1n) is 6.38. The zero-order chi connectivity index (χ0) is 14.0. The molecule has 1 N–H and O–H groups in total. The average Bonchev–Trinajstić information content (AvgIpc) is 2.99. The third kappa shape index (κ3) is 2.97. The number of amides is 1. The van der Waals surface area contributed by atoms with Gasteiger partial charge >= 0.3 is 0 Å². The molecule has 1 amide bonds. The summed E-state index contributed by atoms with van der Waals surface area (Å²) < 4.78 is 29.4. The van der Waals surface area contributed by atoms with Crippen molar-refractivity contribution in [3.63, 3.8) is 0 Å². The molecule has 0 bridgehead atoms. The van der Waals surface area contributed by atoms with Crippen LogP contribution in [0.4, 0.5) is 5.88 Å². The van der Waals surface area contributed by atoms with Gasteiger partial charge in [-0.15, -0.1) is 0 Å². The van der Waals surface area contributed by atoms with Crippen LogP contribution in [0.2, 0.25) is 0 Å². The minimum atomic E-state index is -3.43. The van der Waals surface area contributed by atoms with E-state index >= 15 is 0 Å². The maximum atomic E-state index is 12.3. The quantitative estimate of drug-likeness (QED) is 0.909. The third-order valence-corrected chi connectivity index (χ3v) is 6.10. The molecule has 1 fully saturated rings. The van der Waals surface area contributed by atoms with E-state index in [1.165, 1.54) is 6.92 Å². The van der Waals surface area contributed by atoms with Gasteiger partial charge in [0, 0.05) is 6.07 Å². The monoisotopic (exact) mass is 286 g/mol. The summed E-state index contributed by atoms with van der Waals surface area (Å²) in [6.45, 7) is 3.14. The van der Waals surface area contributed by atoms with Crippen LogP contribution < -0.4 is 5.32 Å². The summed E-state index contributed by atoms with van der Waals surface area (Å²) in [6, 6.07) is 1.55. The fraction of sp³-hybridized carbons (Fsp3) is 0.667. The van der Waals surface area contributed by atoms with Gasteiger partial charge in [0.25, 0.3) is 0 Å². The van der Waals surface area contributed by atoms with Gasteiger partial charge in [0.2, 0.25) is 11.8 Å². The minimum Gasteiger partial charge on any atom is -0.338 e. The molecule has 2 rings (SSSR count). The van der Waals surface area contributed by atoms with E-state index in [-0.39, 0.29) is 11.1 Å². The first-order chi connectivity index (χ1) is 8.91. The van der Waals surface area contributed by atoms with Crippen LogP contribution in [-0.2, 0) is 14.6 Å². The lowest BCUT2D eigenvalue weighted by Crippen LogP contribution is -2.37. The molecule has 1 aliphatic carbocycles. The molecule has 1 aromatic rings. The van der Waals surface area contributed by atoms with Gasteiger partial charge in [0.05, 0.1) is 10.9 Å². The molecule has 6 nitrogen and oxygen atoms in total. The Labute approximate surface area is 112 Å². The standard InChI is InChI=1S/C12H18N2O4S/c1-8-7-11(18-14-8)13-12(15)9(2)19(16,17)10-5-3-4-6-10/h7,9-10H,3-6H2,1-2H3,(H,13,15)/t9-/m1/s1. The van der Waals surface area contributed by atoms with Gasteiger partial charge in [-0.3, -0.25) is 10.1 Å². The van der Waals surface area contributed by atoms with Crippen molar-refractivity contribution >= 4 is 21.6 Å². The molecular weight excluding hydrogens is 268 g/mol. The first-order valence-corrected chi connectivity index (χ1v) is 7.99. The van der Waals surface area contributed by atoms with E-state index in [0.29, 0.717) is 18.5 Å². The number of nitrogens with zero attached hydrogens (tertiary/aromatic N) is 1. The summed E-state index contributed by atoms with van der Waals surface area (Å²) in [7, 11) is -3.43. The number of aryl methyl sites for hydroxylation is 1. The molecule has 106 valence electrons. The van der Waals surface area contributed by atoms with Crippen LogP contribution in [0.3, 0.4) is 0 Å². The van der Waals surface area contributed by atoms with Crippen molar-refractivity contribution in [3.8, 4) is 0 Å². The number of rotatable bonds is 4. The first kappa shape index (κ1) is 14.0. The molecule has 1 heterocycles. The van der Waals surface area contributed by atoms with Crippen LogP contribution >= 0.6 is 0 Å². The van der Waals surface area contributed by atoms with Crippen molar-refractivity contribution in [2.75, 3.05) is 5.32 Å². The summed E-state index contributed by atoms with van der Waals surface area (Å²) in [5.74, 6) is -0.390. The topological polar surface area (TPSA) is 89.3 Å². The van der Waals surface area contributed by atoms with Crippen LogP contribution in [0.15, 0.2) is 10.6 Å². The lowest BCUT2D eigenvalue weighted by molar-refractivity contribution is -0.115. The molecule has 0 aliphatic heterocycles. The molecule has 1 aliphatic rings. The lowest BCUT2D eigenvalue weighted by atomic mass is 10.4. The largest absolute Gasteiger partial charge is 0.338 e. The number of carbonyl (C=O) groups is 1. The van der Waals surface area contributed by atoms with Crippen LogP contribution in [0.25, 0.3) is 0 Å². The molecule has 0 spiro atoms. The highest BCUT2D eigenvalue weighted by molar-refractivity contribution is 7.93. The van der Waals surface area contributed by atoms with Gasteiger partial charge in [0.15, 0.2) is 9.84 Å². The van der Waals surface area contributed by atoms with Gasteiger partial charge in [0.1, 0.15) is 5.25 Å².